The summed E-state index contributed by atoms with van der Waals surface area (Å²) in [5.74, 6) is -1.32. The maximum absolute atomic E-state index is 12.2. The van der Waals surface area contributed by atoms with Crippen molar-refractivity contribution >= 4 is 28.8 Å². The third-order valence-corrected chi connectivity index (χ3v) is 3.47. The lowest BCUT2D eigenvalue weighted by atomic mass is 9.85. The van der Waals surface area contributed by atoms with E-state index in [0.29, 0.717) is 0 Å². The van der Waals surface area contributed by atoms with Gasteiger partial charge in [0.05, 0.1) is 15.5 Å². The van der Waals surface area contributed by atoms with E-state index >= 15 is 0 Å². The molecule has 0 fully saturated rings. The largest absolute Gasteiger partial charge is 0.506 e. The summed E-state index contributed by atoms with van der Waals surface area (Å²) in [7, 11) is 0. The molecule has 0 amide bonds. The Morgan fingerprint density at radius 3 is 2.36 bits per heavy atom. The van der Waals surface area contributed by atoms with Gasteiger partial charge in [-0.1, -0.05) is 32.4 Å². The number of allylic oxidation sites excluding steroid dienone is 1. The molecule has 0 radical (unpaired) electrons. The molecule has 1 aromatic rings. The summed E-state index contributed by atoms with van der Waals surface area (Å²) in [4.78, 5) is 22.7. The van der Waals surface area contributed by atoms with Crippen LogP contribution < -0.4 is 0 Å². The van der Waals surface area contributed by atoms with Gasteiger partial charge in [-0.25, -0.2) is 0 Å². The van der Waals surface area contributed by atoms with Crippen LogP contribution in [-0.2, 0) is 4.79 Å². The second-order valence-corrected chi connectivity index (χ2v) is 6.15. The van der Waals surface area contributed by atoms with Crippen LogP contribution in [-0.4, -0.2) is 15.8 Å². The molecule has 0 aromatic heterocycles. The molecule has 1 aromatic carbocycles. The summed E-state index contributed by atoms with van der Waals surface area (Å²) < 4.78 is 0. The molecule has 0 saturated carbocycles. The molecule has 7 heteroatoms. The minimum absolute atomic E-state index is 0.149. The zero-order chi connectivity index (χ0) is 17.2. The van der Waals surface area contributed by atoms with Crippen molar-refractivity contribution < 1.29 is 14.8 Å². The van der Waals surface area contributed by atoms with Crippen LogP contribution in [0.4, 0.5) is 5.69 Å². The van der Waals surface area contributed by atoms with E-state index in [1.54, 1.807) is 26.8 Å². The maximum Gasteiger partial charge on any atom is 0.284 e. The van der Waals surface area contributed by atoms with Gasteiger partial charge in [-0.05, 0) is 19.1 Å². The van der Waals surface area contributed by atoms with Crippen molar-refractivity contribution in [3.63, 3.8) is 0 Å². The minimum Gasteiger partial charge on any atom is -0.506 e. The van der Waals surface area contributed by atoms with E-state index in [2.05, 4.69) is 0 Å². The van der Waals surface area contributed by atoms with E-state index < -0.39 is 33.1 Å². The summed E-state index contributed by atoms with van der Waals surface area (Å²) >= 11 is 5.85. The third-order valence-electron chi connectivity index (χ3n) is 3.06. The highest BCUT2D eigenvalue weighted by molar-refractivity contribution is 6.31. The van der Waals surface area contributed by atoms with Crippen LogP contribution in [0, 0.1) is 33.8 Å². The van der Waals surface area contributed by atoms with Gasteiger partial charge in [0.25, 0.3) is 5.69 Å². The summed E-state index contributed by atoms with van der Waals surface area (Å²) in [6.45, 7) is 6.18. The Labute approximate surface area is 132 Å². The first kappa shape index (κ1) is 17.7. The number of benzene rings is 1. The molecule has 1 N–H and O–H groups in total. The molecule has 0 unspecified atom stereocenters. The molecule has 0 spiro atoms. The smallest absolute Gasteiger partial charge is 0.284 e. The van der Waals surface area contributed by atoms with Gasteiger partial charge in [0.2, 0.25) is 0 Å². The lowest BCUT2D eigenvalue weighted by Gasteiger charge is -2.16. The van der Waals surface area contributed by atoms with Crippen LogP contribution in [0.3, 0.4) is 0 Å². The Hall–Kier alpha value is -2.39. The lowest BCUT2D eigenvalue weighted by Crippen LogP contribution is -2.22. The third kappa shape index (κ3) is 3.26. The summed E-state index contributed by atoms with van der Waals surface area (Å²) in [6.07, 6.45) is 0. The molecule has 0 bridgehead atoms. The highest BCUT2D eigenvalue weighted by Gasteiger charge is 2.31. The van der Waals surface area contributed by atoms with Crippen LogP contribution >= 0.6 is 11.6 Å². The van der Waals surface area contributed by atoms with E-state index in [1.807, 2.05) is 0 Å². The fourth-order valence-electron chi connectivity index (χ4n) is 1.82. The minimum atomic E-state index is -0.907. The second-order valence-electron chi connectivity index (χ2n) is 5.74. The van der Waals surface area contributed by atoms with Crippen molar-refractivity contribution in [2.75, 3.05) is 0 Å². The monoisotopic (exact) mass is 322 g/mol. The number of ketones is 1. The molecular formula is C15H15ClN2O4. The molecule has 22 heavy (non-hydrogen) atoms. The number of hydrogen-bond acceptors (Lipinski definition) is 5. The summed E-state index contributed by atoms with van der Waals surface area (Å²) in [5, 5.41) is 30.8. The Bertz CT molecular complexity index is 724. The molecule has 116 valence electrons. The Morgan fingerprint density at radius 1 is 1.41 bits per heavy atom. The van der Waals surface area contributed by atoms with Crippen molar-refractivity contribution in [1.82, 2.24) is 0 Å². The lowest BCUT2D eigenvalue weighted by molar-refractivity contribution is -0.385. The second kappa shape index (κ2) is 6.16. The van der Waals surface area contributed by atoms with Gasteiger partial charge < -0.3 is 5.11 Å². The SMILES string of the molecule is Cc1c(Cl)ccc(/C(O)=C(\C#N)C(=O)C(C)(C)C)c1[N+](=O)[O-]. The number of Topliss-reactive ketones (excluding diaryl/α,β-unsaturated/α-hetero) is 1. The Balaban J connectivity index is 3.71. The number of nitriles is 1. The summed E-state index contributed by atoms with van der Waals surface area (Å²) in [6, 6.07) is 4.22. The van der Waals surface area contributed by atoms with E-state index in [4.69, 9.17) is 16.9 Å². The molecule has 6 nitrogen and oxygen atoms in total. The average Bonchev–Trinajstić information content (AvgIpc) is 2.40. The van der Waals surface area contributed by atoms with E-state index in [1.165, 1.54) is 19.1 Å². The van der Waals surface area contributed by atoms with Crippen molar-refractivity contribution in [3.8, 4) is 6.07 Å². The van der Waals surface area contributed by atoms with Crippen LogP contribution in [0.25, 0.3) is 5.76 Å². The van der Waals surface area contributed by atoms with Crippen LogP contribution in [0.5, 0.6) is 0 Å². The van der Waals surface area contributed by atoms with Gasteiger partial charge in [-0.3, -0.25) is 14.9 Å². The molecule has 0 heterocycles. The number of carbonyl (C=O) groups is 1. The Kier molecular flexibility index (Phi) is 4.94. The quantitative estimate of drug-likeness (QED) is 0.298. The number of carbonyl (C=O) groups excluding carboxylic acids is 1. The number of nitrogens with zero attached hydrogens (tertiary/aromatic N) is 2. The molecule has 0 aliphatic rings. The Morgan fingerprint density at radius 2 is 1.95 bits per heavy atom. The normalized spacial score (nSPS) is 12.4. The molecule has 0 aliphatic carbocycles. The van der Waals surface area contributed by atoms with Crippen LogP contribution in [0.15, 0.2) is 17.7 Å². The van der Waals surface area contributed by atoms with Crippen molar-refractivity contribution in [2.24, 2.45) is 5.41 Å². The fraction of sp³-hybridized carbons (Fsp3) is 0.333. The van der Waals surface area contributed by atoms with E-state index in [-0.39, 0.29) is 16.1 Å². The van der Waals surface area contributed by atoms with Gasteiger partial charge >= 0.3 is 0 Å². The molecule has 1 rings (SSSR count). The molecular weight excluding hydrogens is 308 g/mol. The maximum atomic E-state index is 12.2. The van der Waals surface area contributed by atoms with Gasteiger partial charge in [-0.15, -0.1) is 0 Å². The number of aliphatic hydroxyl groups excluding tert-OH is 1. The van der Waals surface area contributed by atoms with Crippen molar-refractivity contribution in [2.45, 2.75) is 27.7 Å². The van der Waals surface area contributed by atoms with Gasteiger partial charge in [0.1, 0.15) is 11.6 Å². The van der Waals surface area contributed by atoms with Crippen LogP contribution in [0.2, 0.25) is 5.02 Å². The average molecular weight is 323 g/mol. The molecule has 0 saturated heterocycles. The van der Waals surface area contributed by atoms with Gasteiger partial charge in [0, 0.05) is 11.0 Å². The standard InChI is InChI=1S/C15H15ClN2O4/c1-8-11(16)6-5-9(12(8)18(21)22)13(19)10(7-17)14(20)15(2,3)4/h5-6,19H,1-4H3/b13-10-. The van der Waals surface area contributed by atoms with Gasteiger partial charge in [-0.2, -0.15) is 5.26 Å². The number of aliphatic hydroxyl groups is 1. The highest BCUT2D eigenvalue weighted by Crippen LogP contribution is 2.35. The number of halogens is 1. The summed E-state index contributed by atoms with van der Waals surface area (Å²) in [5.41, 5.74) is -1.91. The van der Waals surface area contributed by atoms with Crippen LogP contribution in [0.1, 0.15) is 31.9 Å². The number of rotatable bonds is 3. The fourth-order valence-corrected chi connectivity index (χ4v) is 1.98. The van der Waals surface area contributed by atoms with E-state index in [9.17, 15) is 20.0 Å². The first-order valence-electron chi connectivity index (χ1n) is 6.34. The topological polar surface area (TPSA) is 104 Å². The zero-order valence-electron chi connectivity index (χ0n) is 12.6. The number of nitro benzene ring substituents is 1. The van der Waals surface area contributed by atoms with E-state index in [0.717, 1.165) is 0 Å². The zero-order valence-corrected chi connectivity index (χ0v) is 13.4. The molecule has 0 atom stereocenters. The first-order valence-corrected chi connectivity index (χ1v) is 6.72. The highest BCUT2D eigenvalue weighted by atomic mass is 35.5. The van der Waals surface area contributed by atoms with Crippen molar-refractivity contribution in [3.05, 3.63) is 44.0 Å². The number of hydrogen-bond donors (Lipinski definition) is 1. The van der Waals surface area contributed by atoms with Crippen molar-refractivity contribution in [1.29, 1.82) is 5.26 Å². The van der Waals surface area contributed by atoms with Gasteiger partial charge in [0.15, 0.2) is 11.5 Å². The molecule has 0 aliphatic heterocycles. The number of nitro groups is 1. The predicted octanol–water partition coefficient (Wildman–Crippen LogP) is 3.96. The first-order chi connectivity index (χ1) is 10.0. The predicted molar refractivity (Wildman–Crippen MR) is 82.5 cm³/mol.